The molecule has 2 aromatic rings. The van der Waals surface area contributed by atoms with Crippen molar-refractivity contribution in [2.45, 2.75) is 13.8 Å². The third kappa shape index (κ3) is 4.45. The average molecular weight is 304 g/mol. The minimum atomic E-state index is 0.714. The Labute approximate surface area is 131 Å². The second-order valence-corrected chi connectivity index (χ2v) is 5.29. The molecule has 1 aromatic carbocycles. The molecular formula is C17H22ClN3. The molecule has 0 radical (unpaired) electrons. The van der Waals surface area contributed by atoms with E-state index in [2.05, 4.69) is 41.2 Å². The number of pyridine rings is 1. The third-order valence-corrected chi connectivity index (χ3v) is 3.77. The van der Waals surface area contributed by atoms with Crippen LogP contribution in [0.25, 0.3) is 10.9 Å². The zero-order valence-electron chi connectivity index (χ0n) is 12.6. The number of nitrogens with zero attached hydrogens (tertiary/aromatic N) is 2. The van der Waals surface area contributed by atoms with Crippen molar-refractivity contribution in [2.75, 3.05) is 31.5 Å². The molecule has 0 fully saturated rings. The summed E-state index contributed by atoms with van der Waals surface area (Å²) in [6.07, 6.45) is 6.18. The Hall–Kier alpha value is -1.58. The van der Waals surface area contributed by atoms with Crippen molar-refractivity contribution in [1.82, 2.24) is 9.88 Å². The molecule has 0 spiro atoms. The smallest absolute Gasteiger partial charge is 0.0737 e. The maximum Gasteiger partial charge on any atom is 0.0737 e. The Kier molecular flexibility index (Phi) is 6.03. The first-order chi connectivity index (χ1) is 10.2. The third-order valence-electron chi connectivity index (χ3n) is 3.54. The fraction of sp³-hybridized carbons (Fsp3) is 0.353. The highest BCUT2D eigenvalue weighted by molar-refractivity contribution is 6.31. The number of fused-ring (bicyclic) bond motifs is 1. The zero-order valence-corrected chi connectivity index (χ0v) is 13.4. The lowest BCUT2D eigenvalue weighted by atomic mass is 10.2. The molecule has 0 unspecified atom stereocenters. The van der Waals surface area contributed by atoms with E-state index in [4.69, 9.17) is 11.6 Å². The second kappa shape index (κ2) is 8.01. The minimum absolute atomic E-state index is 0.714. The molecule has 0 aliphatic carbocycles. The molecule has 0 bridgehead atoms. The van der Waals surface area contributed by atoms with Gasteiger partial charge in [-0.2, -0.15) is 0 Å². The second-order valence-electron chi connectivity index (χ2n) is 4.86. The molecule has 0 amide bonds. The molecule has 1 heterocycles. The van der Waals surface area contributed by atoms with Crippen molar-refractivity contribution in [1.29, 1.82) is 0 Å². The quantitative estimate of drug-likeness (QED) is 0.777. The molecule has 0 aliphatic heterocycles. The molecule has 0 saturated carbocycles. The van der Waals surface area contributed by atoms with Crippen molar-refractivity contribution in [3.05, 3.63) is 47.6 Å². The van der Waals surface area contributed by atoms with Crippen LogP contribution in [0.4, 0.5) is 5.69 Å². The highest BCUT2D eigenvalue weighted by atomic mass is 35.5. The van der Waals surface area contributed by atoms with Crippen LogP contribution in [0, 0.1) is 0 Å². The first-order valence-corrected chi connectivity index (χ1v) is 7.78. The lowest BCUT2D eigenvalue weighted by molar-refractivity contribution is 0.337. The largest absolute Gasteiger partial charge is 0.381 e. The molecule has 0 saturated heterocycles. The van der Waals surface area contributed by atoms with Crippen LogP contribution in [0.5, 0.6) is 0 Å². The summed E-state index contributed by atoms with van der Waals surface area (Å²) in [7, 11) is 0. The molecule has 2 rings (SSSR count). The van der Waals surface area contributed by atoms with Gasteiger partial charge in [-0.15, -0.1) is 0 Å². The van der Waals surface area contributed by atoms with Crippen molar-refractivity contribution >= 4 is 28.2 Å². The lowest BCUT2D eigenvalue weighted by Crippen LogP contribution is -2.22. The number of likely N-dealkylation sites (N-methyl/N-ethyl adjacent to an activating group) is 1. The van der Waals surface area contributed by atoms with Gasteiger partial charge in [0.05, 0.1) is 5.52 Å². The first-order valence-electron chi connectivity index (χ1n) is 7.40. The molecular weight excluding hydrogens is 282 g/mol. The van der Waals surface area contributed by atoms with Crippen molar-refractivity contribution in [2.24, 2.45) is 0 Å². The van der Waals surface area contributed by atoms with Crippen LogP contribution in [-0.2, 0) is 0 Å². The summed E-state index contributed by atoms with van der Waals surface area (Å²) in [4.78, 5) is 6.72. The molecule has 3 nitrogen and oxygen atoms in total. The van der Waals surface area contributed by atoms with E-state index in [1.54, 1.807) is 6.20 Å². The van der Waals surface area contributed by atoms with Crippen LogP contribution < -0.4 is 5.32 Å². The fourth-order valence-electron chi connectivity index (χ4n) is 2.23. The van der Waals surface area contributed by atoms with Gasteiger partial charge in [-0.05, 0) is 37.4 Å². The Morgan fingerprint density at radius 3 is 2.76 bits per heavy atom. The van der Waals surface area contributed by atoms with E-state index in [9.17, 15) is 0 Å². The maximum absolute atomic E-state index is 6.00. The SMILES string of the molecule is CCN(CC)CC=CCNc1ccnc2cc(Cl)ccc12. The van der Waals surface area contributed by atoms with E-state index in [1.165, 1.54) is 0 Å². The number of benzene rings is 1. The monoisotopic (exact) mass is 303 g/mol. The topological polar surface area (TPSA) is 28.2 Å². The van der Waals surface area contributed by atoms with Crippen molar-refractivity contribution in [3.8, 4) is 0 Å². The predicted molar refractivity (Wildman–Crippen MR) is 92.2 cm³/mol. The fourth-order valence-corrected chi connectivity index (χ4v) is 2.40. The molecule has 0 aliphatic rings. The van der Waals surface area contributed by atoms with E-state index < -0.39 is 0 Å². The van der Waals surface area contributed by atoms with Gasteiger partial charge >= 0.3 is 0 Å². The Morgan fingerprint density at radius 2 is 2.00 bits per heavy atom. The number of nitrogens with one attached hydrogen (secondary N) is 1. The zero-order chi connectivity index (χ0) is 15.1. The maximum atomic E-state index is 6.00. The molecule has 112 valence electrons. The Balaban J connectivity index is 1.96. The van der Waals surface area contributed by atoms with E-state index in [0.29, 0.717) is 5.02 Å². The molecule has 4 heteroatoms. The highest BCUT2D eigenvalue weighted by Gasteiger charge is 2.01. The summed E-state index contributed by atoms with van der Waals surface area (Å²) < 4.78 is 0. The molecule has 1 aromatic heterocycles. The van der Waals surface area contributed by atoms with Gasteiger partial charge in [-0.1, -0.05) is 37.6 Å². The standard InChI is InChI=1S/C17H22ClN3/c1-3-21(4-2)12-6-5-10-19-16-9-11-20-17-13-14(18)7-8-15(16)17/h5-9,11,13H,3-4,10,12H2,1-2H3,(H,19,20). The van der Waals surface area contributed by atoms with Crippen LogP contribution in [0.2, 0.25) is 5.02 Å². The first kappa shape index (κ1) is 15.8. The van der Waals surface area contributed by atoms with Gasteiger partial charge in [0, 0.05) is 35.4 Å². The summed E-state index contributed by atoms with van der Waals surface area (Å²) >= 11 is 6.00. The van der Waals surface area contributed by atoms with Gasteiger partial charge < -0.3 is 10.2 Å². The number of anilines is 1. The predicted octanol–water partition coefficient (Wildman–Crippen LogP) is 4.20. The lowest BCUT2D eigenvalue weighted by Gasteiger charge is -2.14. The van der Waals surface area contributed by atoms with E-state index in [-0.39, 0.29) is 0 Å². The number of rotatable bonds is 7. The molecule has 21 heavy (non-hydrogen) atoms. The van der Waals surface area contributed by atoms with Crippen LogP contribution >= 0.6 is 11.6 Å². The highest BCUT2D eigenvalue weighted by Crippen LogP contribution is 2.24. The number of hydrogen-bond acceptors (Lipinski definition) is 3. The van der Waals surface area contributed by atoms with E-state index in [1.807, 2.05) is 24.3 Å². The normalized spacial score (nSPS) is 11.6. The number of aromatic nitrogens is 1. The van der Waals surface area contributed by atoms with Gasteiger partial charge in [0.1, 0.15) is 0 Å². The summed E-state index contributed by atoms with van der Waals surface area (Å²) in [6.45, 7) is 8.35. The summed E-state index contributed by atoms with van der Waals surface area (Å²) in [5.74, 6) is 0. The van der Waals surface area contributed by atoms with Crippen molar-refractivity contribution in [3.63, 3.8) is 0 Å². The summed E-state index contributed by atoms with van der Waals surface area (Å²) in [5, 5.41) is 5.24. The Bertz CT molecular complexity index is 606. The van der Waals surface area contributed by atoms with Gasteiger partial charge in [-0.3, -0.25) is 4.98 Å². The van der Waals surface area contributed by atoms with Crippen LogP contribution in [0.15, 0.2) is 42.6 Å². The van der Waals surface area contributed by atoms with Crippen LogP contribution in [-0.4, -0.2) is 36.1 Å². The van der Waals surface area contributed by atoms with E-state index >= 15 is 0 Å². The van der Waals surface area contributed by atoms with Gasteiger partial charge in [0.25, 0.3) is 0 Å². The van der Waals surface area contributed by atoms with Gasteiger partial charge in [0.2, 0.25) is 0 Å². The molecule has 1 N–H and O–H groups in total. The van der Waals surface area contributed by atoms with Gasteiger partial charge in [0.15, 0.2) is 0 Å². The molecule has 0 atom stereocenters. The Morgan fingerprint density at radius 1 is 1.19 bits per heavy atom. The van der Waals surface area contributed by atoms with Gasteiger partial charge in [-0.25, -0.2) is 0 Å². The van der Waals surface area contributed by atoms with Crippen LogP contribution in [0.3, 0.4) is 0 Å². The number of halogens is 1. The van der Waals surface area contributed by atoms with Crippen molar-refractivity contribution < 1.29 is 0 Å². The van der Waals surface area contributed by atoms with Crippen LogP contribution in [0.1, 0.15) is 13.8 Å². The minimum Gasteiger partial charge on any atom is -0.381 e. The summed E-state index contributed by atoms with van der Waals surface area (Å²) in [5.41, 5.74) is 2.00. The van der Waals surface area contributed by atoms with E-state index in [0.717, 1.165) is 42.8 Å². The average Bonchev–Trinajstić information content (AvgIpc) is 2.50. The summed E-state index contributed by atoms with van der Waals surface area (Å²) in [6, 6.07) is 7.78. The number of hydrogen-bond donors (Lipinski definition) is 1.